The summed E-state index contributed by atoms with van der Waals surface area (Å²) >= 11 is 0. The lowest BCUT2D eigenvalue weighted by Gasteiger charge is -2.18. The minimum absolute atomic E-state index is 0.372. The highest BCUT2D eigenvalue weighted by Gasteiger charge is 2.29. The summed E-state index contributed by atoms with van der Waals surface area (Å²) in [5.74, 6) is 0. The van der Waals surface area contributed by atoms with Gasteiger partial charge in [-0.3, -0.25) is 0 Å². The SMILES string of the molecule is CC1(C)C[B]c2ccccc21. The van der Waals surface area contributed by atoms with Crippen molar-refractivity contribution in [1.29, 1.82) is 0 Å². The quantitative estimate of drug-likeness (QED) is 0.485. The van der Waals surface area contributed by atoms with E-state index in [2.05, 4.69) is 45.4 Å². The molecule has 1 aliphatic rings. The molecule has 55 valence electrons. The van der Waals surface area contributed by atoms with Gasteiger partial charge in [0.2, 0.25) is 0 Å². The average molecular weight is 143 g/mol. The van der Waals surface area contributed by atoms with Gasteiger partial charge >= 0.3 is 0 Å². The highest BCUT2D eigenvalue weighted by molar-refractivity contribution is 6.56. The Balaban J connectivity index is 2.56. The molecule has 11 heavy (non-hydrogen) atoms. The van der Waals surface area contributed by atoms with E-state index in [1.807, 2.05) is 0 Å². The molecule has 1 heterocycles. The topological polar surface area (TPSA) is 0 Å². The molecule has 0 fully saturated rings. The van der Waals surface area contributed by atoms with E-state index < -0.39 is 0 Å². The lowest BCUT2D eigenvalue weighted by Crippen LogP contribution is -2.14. The fourth-order valence-corrected chi connectivity index (χ4v) is 1.77. The van der Waals surface area contributed by atoms with E-state index in [-0.39, 0.29) is 0 Å². The van der Waals surface area contributed by atoms with Crippen molar-refractivity contribution in [3.8, 4) is 0 Å². The first kappa shape index (κ1) is 6.96. The maximum absolute atomic E-state index is 2.33. The number of hydrogen-bond donors (Lipinski definition) is 0. The highest BCUT2D eigenvalue weighted by atomic mass is 14.3. The third-order valence-corrected chi connectivity index (χ3v) is 2.52. The summed E-state index contributed by atoms with van der Waals surface area (Å²) in [6, 6.07) is 8.67. The van der Waals surface area contributed by atoms with Gasteiger partial charge in [0.1, 0.15) is 0 Å². The Kier molecular flexibility index (Phi) is 1.35. The van der Waals surface area contributed by atoms with E-state index in [1.165, 1.54) is 17.3 Å². The summed E-state index contributed by atoms with van der Waals surface area (Å²) in [7, 11) is 2.33. The van der Waals surface area contributed by atoms with Crippen LogP contribution in [-0.4, -0.2) is 7.28 Å². The van der Waals surface area contributed by atoms with Crippen molar-refractivity contribution in [3.63, 3.8) is 0 Å². The Bertz CT molecular complexity index is 276. The Morgan fingerprint density at radius 1 is 1.27 bits per heavy atom. The lowest BCUT2D eigenvalue weighted by atomic mass is 9.69. The molecule has 0 saturated carbocycles. The number of hydrogen-bond acceptors (Lipinski definition) is 0. The molecular weight excluding hydrogens is 131 g/mol. The van der Waals surface area contributed by atoms with Crippen LogP contribution in [0.2, 0.25) is 6.32 Å². The van der Waals surface area contributed by atoms with E-state index in [0.717, 1.165) is 0 Å². The van der Waals surface area contributed by atoms with Crippen LogP contribution in [0.3, 0.4) is 0 Å². The minimum atomic E-state index is 0.372. The second-order valence-electron chi connectivity index (χ2n) is 3.88. The predicted molar refractivity (Wildman–Crippen MR) is 49.7 cm³/mol. The molecule has 0 aromatic heterocycles. The van der Waals surface area contributed by atoms with Crippen molar-refractivity contribution in [2.24, 2.45) is 0 Å². The molecule has 0 atom stereocenters. The van der Waals surface area contributed by atoms with Gasteiger partial charge in [-0.05, 0) is 11.0 Å². The molecule has 0 spiro atoms. The Morgan fingerprint density at radius 2 is 2.00 bits per heavy atom. The van der Waals surface area contributed by atoms with Crippen LogP contribution in [0, 0.1) is 0 Å². The van der Waals surface area contributed by atoms with Crippen molar-refractivity contribution in [2.75, 3.05) is 0 Å². The molecule has 0 amide bonds. The van der Waals surface area contributed by atoms with Gasteiger partial charge < -0.3 is 0 Å². The smallest absolute Gasteiger partial charge is 0.0841 e. The summed E-state index contributed by atoms with van der Waals surface area (Å²) < 4.78 is 0. The first-order chi connectivity index (χ1) is 5.20. The number of rotatable bonds is 0. The zero-order valence-corrected chi connectivity index (χ0v) is 7.09. The molecule has 0 saturated heterocycles. The Labute approximate surface area is 68.9 Å². The largest absolute Gasteiger partial charge is 0.152 e. The van der Waals surface area contributed by atoms with Crippen molar-refractivity contribution >= 4 is 12.7 Å². The normalized spacial score (nSPS) is 19.1. The molecule has 1 aromatic carbocycles. The molecule has 0 bridgehead atoms. The van der Waals surface area contributed by atoms with Crippen LogP contribution >= 0.6 is 0 Å². The molecule has 2 rings (SSSR count). The van der Waals surface area contributed by atoms with Gasteiger partial charge in [-0.2, -0.15) is 0 Å². The maximum Gasteiger partial charge on any atom is 0.152 e. The maximum atomic E-state index is 2.33. The summed E-state index contributed by atoms with van der Waals surface area (Å²) in [4.78, 5) is 0. The molecule has 1 radical (unpaired) electrons. The third-order valence-electron chi connectivity index (χ3n) is 2.52. The predicted octanol–water partition coefficient (Wildman–Crippen LogP) is 1.73. The zero-order chi connectivity index (χ0) is 7.90. The van der Waals surface area contributed by atoms with Crippen molar-refractivity contribution in [3.05, 3.63) is 29.8 Å². The number of fused-ring (bicyclic) bond motifs is 1. The van der Waals surface area contributed by atoms with Crippen LogP contribution in [0.25, 0.3) is 0 Å². The monoisotopic (exact) mass is 143 g/mol. The van der Waals surface area contributed by atoms with Gasteiger partial charge in [0, 0.05) is 0 Å². The van der Waals surface area contributed by atoms with Crippen LogP contribution in [0.4, 0.5) is 0 Å². The van der Waals surface area contributed by atoms with Crippen molar-refractivity contribution < 1.29 is 0 Å². The first-order valence-corrected chi connectivity index (χ1v) is 4.13. The minimum Gasteiger partial charge on any atom is -0.0841 e. The molecule has 0 nitrogen and oxygen atoms in total. The van der Waals surface area contributed by atoms with Crippen molar-refractivity contribution in [2.45, 2.75) is 25.6 Å². The average Bonchev–Trinajstić information content (AvgIpc) is 2.29. The van der Waals surface area contributed by atoms with Crippen LogP contribution in [0.5, 0.6) is 0 Å². The van der Waals surface area contributed by atoms with Crippen LogP contribution < -0.4 is 5.46 Å². The fourth-order valence-electron chi connectivity index (χ4n) is 1.77. The van der Waals surface area contributed by atoms with E-state index in [9.17, 15) is 0 Å². The third kappa shape index (κ3) is 0.992. The Hall–Kier alpha value is -0.715. The van der Waals surface area contributed by atoms with E-state index in [4.69, 9.17) is 0 Å². The van der Waals surface area contributed by atoms with Gasteiger partial charge in [0.25, 0.3) is 0 Å². The van der Waals surface area contributed by atoms with E-state index in [1.54, 1.807) is 0 Å². The fraction of sp³-hybridized carbons (Fsp3) is 0.400. The molecule has 1 heteroatoms. The number of benzene rings is 1. The zero-order valence-electron chi connectivity index (χ0n) is 7.09. The van der Waals surface area contributed by atoms with Crippen molar-refractivity contribution in [1.82, 2.24) is 0 Å². The van der Waals surface area contributed by atoms with Crippen LogP contribution in [0.15, 0.2) is 24.3 Å². The van der Waals surface area contributed by atoms with Crippen LogP contribution in [-0.2, 0) is 5.41 Å². The second kappa shape index (κ2) is 2.13. The van der Waals surface area contributed by atoms with Gasteiger partial charge in [0.05, 0.1) is 0 Å². The van der Waals surface area contributed by atoms with Crippen LogP contribution in [0.1, 0.15) is 19.4 Å². The summed E-state index contributed by atoms with van der Waals surface area (Å²) in [5.41, 5.74) is 3.30. The van der Waals surface area contributed by atoms with Gasteiger partial charge in [-0.15, -0.1) is 0 Å². The summed E-state index contributed by atoms with van der Waals surface area (Å²) in [5, 5.41) is 0. The highest BCUT2D eigenvalue weighted by Crippen LogP contribution is 2.30. The van der Waals surface area contributed by atoms with Gasteiger partial charge in [0.15, 0.2) is 7.28 Å². The molecule has 1 aromatic rings. The molecule has 0 N–H and O–H groups in total. The lowest BCUT2D eigenvalue weighted by molar-refractivity contribution is 0.603. The Morgan fingerprint density at radius 3 is 2.73 bits per heavy atom. The van der Waals surface area contributed by atoms with Gasteiger partial charge in [-0.1, -0.05) is 49.9 Å². The van der Waals surface area contributed by atoms with Gasteiger partial charge in [-0.25, -0.2) is 0 Å². The van der Waals surface area contributed by atoms with E-state index in [0.29, 0.717) is 5.41 Å². The molecular formula is C10H12B. The molecule has 0 aliphatic carbocycles. The first-order valence-electron chi connectivity index (χ1n) is 4.13. The summed E-state index contributed by atoms with van der Waals surface area (Å²) in [6.45, 7) is 4.60. The second-order valence-corrected chi connectivity index (χ2v) is 3.88. The van der Waals surface area contributed by atoms with E-state index >= 15 is 0 Å². The molecule has 0 unspecified atom stereocenters. The standard InChI is InChI=1S/C10H12B/c1-10(2)7-11-9-6-4-3-5-8(9)10/h3-6H,7H2,1-2H3. The summed E-state index contributed by atoms with van der Waals surface area (Å²) in [6.07, 6.45) is 1.19. The molecule has 1 aliphatic heterocycles.